The van der Waals surface area contributed by atoms with Crippen molar-refractivity contribution >= 4 is 34.0 Å². The summed E-state index contributed by atoms with van der Waals surface area (Å²) in [5, 5.41) is 10.2. The Kier molecular flexibility index (Phi) is 5.40. The van der Waals surface area contributed by atoms with E-state index in [1.54, 1.807) is 4.68 Å². The van der Waals surface area contributed by atoms with Crippen LogP contribution in [-0.2, 0) is 0 Å². The van der Waals surface area contributed by atoms with E-state index < -0.39 is 0 Å². The van der Waals surface area contributed by atoms with Crippen molar-refractivity contribution in [1.82, 2.24) is 14.8 Å². The molecule has 33 heavy (non-hydrogen) atoms. The van der Waals surface area contributed by atoms with E-state index in [2.05, 4.69) is 15.4 Å². The van der Waals surface area contributed by atoms with Crippen LogP contribution in [-0.4, -0.2) is 20.7 Å². The molecule has 5 rings (SSSR count). The normalized spacial score (nSPS) is 11.0. The van der Waals surface area contributed by atoms with Crippen LogP contribution in [0.1, 0.15) is 21.7 Å². The highest BCUT2D eigenvalue weighted by atomic mass is 35.5. The van der Waals surface area contributed by atoms with Gasteiger partial charge < -0.3 is 5.32 Å². The summed E-state index contributed by atoms with van der Waals surface area (Å²) in [4.78, 5) is 17.8. The molecule has 1 heterocycles. The van der Waals surface area contributed by atoms with E-state index in [-0.39, 0.29) is 11.7 Å². The molecule has 0 saturated carbocycles. The maximum Gasteiger partial charge on any atom is 0.295 e. The van der Waals surface area contributed by atoms with Gasteiger partial charge in [-0.3, -0.25) is 4.79 Å². The number of nitrogens with one attached hydrogen (secondary N) is 1. The third-order valence-electron chi connectivity index (χ3n) is 5.52. The molecule has 0 atom stereocenters. The fraction of sp³-hybridized carbons (Fsp3) is 0.0741. The van der Waals surface area contributed by atoms with Crippen LogP contribution < -0.4 is 5.32 Å². The maximum atomic E-state index is 13.2. The van der Waals surface area contributed by atoms with E-state index in [1.807, 2.05) is 98.8 Å². The fourth-order valence-corrected chi connectivity index (χ4v) is 3.96. The van der Waals surface area contributed by atoms with Gasteiger partial charge in [0.05, 0.1) is 5.69 Å². The van der Waals surface area contributed by atoms with E-state index in [4.69, 9.17) is 11.6 Å². The zero-order valence-electron chi connectivity index (χ0n) is 18.2. The number of hydrogen-bond donors (Lipinski definition) is 1. The molecule has 5 aromatic rings. The van der Waals surface area contributed by atoms with Crippen molar-refractivity contribution in [3.63, 3.8) is 0 Å². The SMILES string of the molecule is Cc1cccc(-c2nc(C(=O)Nc3cccc4ccccc34)nn2-c2ccc(C)c(Cl)c2)c1. The number of fused-ring (bicyclic) bond motifs is 1. The molecule has 0 aliphatic carbocycles. The lowest BCUT2D eigenvalue weighted by molar-refractivity contribution is 0.101. The van der Waals surface area contributed by atoms with Crippen LogP contribution in [0.4, 0.5) is 5.69 Å². The average molecular weight is 453 g/mol. The Morgan fingerprint density at radius 2 is 1.70 bits per heavy atom. The minimum Gasteiger partial charge on any atom is -0.319 e. The van der Waals surface area contributed by atoms with Crippen molar-refractivity contribution in [2.24, 2.45) is 0 Å². The number of amides is 1. The molecule has 162 valence electrons. The van der Waals surface area contributed by atoms with Crippen LogP contribution in [0, 0.1) is 13.8 Å². The molecule has 0 saturated heterocycles. The summed E-state index contributed by atoms with van der Waals surface area (Å²) < 4.78 is 1.66. The molecule has 0 unspecified atom stereocenters. The predicted octanol–water partition coefficient (Wildman–Crippen LogP) is 6.61. The van der Waals surface area contributed by atoms with Crippen molar-refractivity contribution in [1.29, 1.82) is 0 Å². The summed E-state index contributed by atoms with van der Waals surface area (Å²) in [6.07, 6.45) is 0. The molecule has 6 heteroatoms. The van der Waals surface area contributed by atoms with Gasteiger partial charge in [-0.1, -0.05) is 77.8 Å². The Hall–Kier alpha value is -3.96. The van der Waals surface area contributed by atoms with Gasteiger partial charge in [-0.25, -0.2) is 9.67 Å². The second kappa shape index (κ2) is 8.52. The van der Waals surface area contributed by atoms with E-state index in [9.17, 15) is 4.79 Å². The van der Waals surface area contributed by atoms with E-state index in [0.717, 1.165) is 33.2 Å². The second-order valence-corrected chi connectivity index (χ2v) is 8.36. The average Bonchev–Trinajstić information content (AvgIpc) is 3.27. The van der Waals surface area contributed by atoms with Gasteiger partial charge >= 0.3 is 0 Å². The molecule has 1 amide bonds. The molecule has 0 spiro atoms. The first-order valence-corrected chi connectivity index (χ1v) is 11.0. The number of benzene rings is 4. The van der Waals surface area contributed by atoms with Gasteiger partial charge in [0.1, 0.15) is 0 Å². The summed E-state index contributed by atoms with van der Waals surface area (Å²) in [6, 6.07) is 27.3. The van der Waals surface area contributed by atoms with E-state index in [0.29, 0.717) is 16.5 Å². The van der Waals surface area contributed by atoms with Gasteiger partial charge in [0.25, 0.3) is 5.91 Å². The smallest absolute Gasteiger partial charge is 0.295 e. The fourth-order valence-electron chi connectivity index (χ4n) is 3.79. The number of aryl methyl sites for hydroxylation is 2. The lowest BCUT2D eigenvalue weighted by Crippen LogP contribution is -2.14. The van der Waals surface area contributed by atoms with Gasteiger partial charge in [-0.05, 0) is 49.1 Å². The molecule has 1 N–H and O–H groups in total. The maximum absolute atomic E-state index is 13.2. The minimum absolute atomic E-state index is 0.0798. The Balaban J connectivity index is 1.59. The first-order valence-electron chi connectivity index (χ1n) is 10.6. The number of carbonyl (C=O) groups is 1. The zero-order valence-corrected chi connectivity index (χ0v) is 19.0. The molecule has 5 nitrogen and oxygen atoms in total. The second-order valence-electron chi connectivity index (χ2n) is 7.95. The van der Waals surface area contributed by atoms with Crippen molar-refractivity contribution in [3.8, 4) is 17.1 Å². The molecule has 0 radical (unpaired) electrons. The summed E-state index contributed by atoms with van der Waals surface area (Å²) in [5.74, 6) is 0.273. The van der Waals surface area contributed by atoms with Gasteiger partial charge in [-0.15, -0.1) is 5.10 Å². The molecule has 4 aromatic carbocycles. The topological polar surface area (TPSA) is 59.8 Å². The van der Waals surface area contributed by atoms with Crippen LogP contribution in [0.2, 0.25) is 5.02 Å². The zero-order chi connectivity index (χ0) is 22.9. The van der Waals surface area contributed by atoms with Crippen LogP contribution in [0.15, 0.2) is 84.9 Å². The van der Waals surface area contributed by atoms with Crippen LogP contribution in [0.5, 0.6) is 0 Å². The third-order valence-corrected chi connectivity index (χ3v) is 5.93. The third kappa shape index (κ3) is 4.11. The molecule has 1 aromatic heterocycles. The van der Waals surface area contributed by atoms with Gasteiger partial charge in [0.15, 0.2) is 5.82 Å². The van der Waals surface area contributed by atoms with Crippen molar-refractivity contribution in [3.05, 3.63) is 107 Å². The molecular formula is C27H21ClN4O. The summed E-state index contributed by atoms with van der Waals surface area (Å²) in [7, 11) is 0. The molecule has 0 fully saturated rings. The minimum atomic E-state index is -0.378. The Labute approximate surface area is 196 Å². The number of rotatable bonds is 4. The standard InChI is InChI=1S/C27H21ClN4O/c1-17-7-5-10-20(15-17)26-30-25(31-32(26)21-14-13-18(2)23(28)16-21)27(33)29-24-12-6-9-19-8-3-4-11-22(19)24/h3-16H,1-2H3,(H,29,33). The Morgan fingerprint density at radius 3 is 2.52 bits per heavy atom. The highest BCUT2D eigenvalue weighted by molar-refractivity contribution is 6.31. The summed E-state index contributed by atoms with van der Waals surface area (Å²) in [6.45, 7) is 3.96. The Bertz CT molecular complexity index is 1500. The van der Waals surface area contributed by atoms with Crippen LogP contribution in [0.3, 0.4) is 0 Å². The summed E-state index contributed by atoms with van der Waals surface area (Å²) >= 11 is 6.38. The molecular weight excluding hydrogens is 432 g/mol. The van der Waals surface area contributed by atoms with Crippen LogP contribution >= 0.6 is 11.6 Å². The highest BCUT2D eigenvalue weighted by Crippen LogP contribution is 2.27. The lowest BCUT2D eigenvalue weighted by atomic mass is 10.1. The van der Waals surface area contributed by atoms with E-state index >= 15 is 0 Å². The Morgan fingerprint density at radius 1 is 0.909 bits per heavy atom. The van der Waals surface area contributed by atoms with Crippen molar-refractivity contribution in [2.75, 3.05) is 5.32 Å². The van der Waals surface area contributed by atoms with Gasteiger partial charge in [0, 0.05) is 21.7 Å². The van der Waals surface area contributed by atoms with Crippen molar-refractivity contribution < 1.29 is 4.79 Å². The number of anilines is 1. The first-order chi connectivity index (χ1) is 16.0. The van der Waals surface area contributed by atoms with Crippen molar-refractivity contribution in [2.45, 2.75) is 13.8 Å². The molecule has 0 aliphatic heterocycles. The highest BCUT2D eigenvalue weighted by Gasteiger charge is 2.20. The largest absolute Gasteiger partial charge is 0.319 e. The van der Waals surface area contributed by atoms with Gasteiger partial charge in [-0.2, -0.15) is 0 Å². The number of hydrogen-bond acceptors (Lipinski definition) is 3. The first kappa shape index (κ1) is 20.9. The molecule has 0 aliphatic rings. The quantitative estimate of drug-likeness (QED) is 0.333. The number of carbonyl (C=O) groups excluding carboxylic acids is 1. The van der Waals surface area contributed by atoms with Crippen LogP contribution in [0.25, 0.3) is 27.8 Å². The number of nitrogens with zero attached hydrogens (tertiary/aromatic N) is 3. The lowest BCUT2D eigenvalue weighted by Gasteiger charge is -2.08. The predicted molar refractivity (Wildman–Crippen MR) is 133 cm³/mol. The monoisotopic (exact) mass is 452 g/mol. The number of aromatic nitrogens is 3. The number of halogens is 1. The van der Waals surface area contributed by atoms with Gasteiger partial charge in [0.2, 0.25) is 5.82 Å². The summed E-state index contributed by atoms with van der Waals surface area (Å²) in [5.41, 5.74) is 4.37. The molecule has 0 bridgehead atoms. The van der Waals surface area contributed by atoms with E-state index in [1.165, 1.54) is 0 Å².